The predicted octanol–water partition coefficient (Wildman–Crippen LogP) is 4.29. The topological polar surface area (TPSA) is 29.1 Å². The third-order valence-corrected chi connectivity index (χ3v) is 3.27. The zero-order valence-corrected chi connectivity index (χ0v) is 11.8. The maximum absolute atomic E-state index is 12.2. The molecule has 19 heavy (non-hydrogen) atoms. The summed E-state index contributed by atoms with van der Waals surface area (Å²) < 4.78 is 0. The number of alkyl halides is 1. The number of hydrogen-bond donors (Lipinski definition) is 1. The normalized spacial score (nSPS) is 10.3. The average molecular weight is 274 g/mol. The maximum atomic E-state index is 12.2. The van der Waals surface area contributed by atoms with Crippen LogP contribution in [0.25, 0.3) is 0 Å². The molecule has 0 bridgehead atoms. The van der Waals surface area contributed by atoms with Crippen LogP contribution in [0.5, 0.6) is 0 Å². The Morgan fingerprint density at radius 1 is 1.16 bits per heavy atom. The standard InChI is InChI=1S/C16H16ClNO/c1-11-6-7-15(12(2)8-11)16(19)18-14-5-3-4-13(9-14)10-17/h3-9H,10H2,1-2H3,(H,18,19). The lowest BCUT2D eigenvalue weighted by Gasteiger charge is -2.09. The summed E-state index contributed by atoms with van der Waals surface area (Å²) in [7, 11) is 0. The fraction of sp³-hybridized carbons (Fsp3) is 0.188. The Bertz CT molecular complexity index is 607. The van der Waals surface area contributed by atoms with Crippen LogP contribution in [0.2, 0.25) is 0 Å². The number of carbonyl (C=O) groups is 1. The number of hydrogen-bond acceptors (Lipinski definition) is 1. The van der Waals surface area contributed by atoms with Crippen molar-refractivity contribution in [3.8, 4) is 0 Å². The van der Waals surface area contributed by atoms with Gasteiger partial charge in [-0.05, 0) is 43.2 Å². The molecule has 0 fully saturated rings. The van der Waals surface area contributed by atoms with E-state index < -0.39 is 0 Å². The fourth-order valence-corrected chi connectivity index (χ4v) is 2.17. The molecule has 0 aromatic heterocycles. The van der Waals surface area contributed by atoms with Crippen LogP contribution in [-0.4, -0.2) is 5.91 Å². The molecule has 2 nitrogen and oxygen atoms in total. The molecule has 0 aliphatic rings. The first-order valence-electron chi connectivity index (χ1n) is 6.13. The minimum atomic E-state index is -0.0933. The van der Waals surface area contributed by atoms with E-state index in [0.717, 1.165) is 22.4 Å². The van der Waals surface area contributed by atoms with Crippen molar-refractivity contribution < 1.29 is 4.79 Å². The Hall–Kier alpha value is -1.80. The quantitative estimate of drug-likeness (QED) is 0.830. The van der Waals surface area contributed by atoms with Gasteiger partial charge in [-0.3, -0.25) is 4.79 Å². The van der Waals surface area contributed by atoms with Crippen LogP contribution in [0.15, 0.2) is 42.5 Å². The monoisotopic (exact) mass is 273 g/mol. The molecule has 0 saturated heterocycles. The molecule has 0 unspecified atom stereocenters. The fourth-order valence-electron chi connectivity index (χ4n) is 2.00. The van der Waals surface area contributed by atoms with Crippen LogP contribution in [0, 0.1) is 13.8 Å². The Balaban J connectivity index is 2.20. The highest BCUT2D eigenvalue weighted by molar-refractivity contribution is 6.17. The van der Waals surface area contributed by atoms with Crippen molar-refractivity contribution in [1.82, 2.24) is 0 Å². The van der Waals surface area contributed by atoms with Gasteiger partial charge in [-0.15, -0.1) is 11.6 Å². The smallest absolute Gasteiger partial charge is 0.255 e. The average Bonchev–Trinajstić information content (AvgIpc) is 2.38. The summed E-state index contributed by atoms with van der Waals surface area (Å²) in [5.74, 6) is 0.344. The number of carbonyl (C=O) groups excluding carboxylic acids is 1. The Morgan fingerprint density at radius 2 is 1.95 bits per heavy atom. The molecule has 2 aromatic rings. The van der Waals surface area contributed by atoms with Crippen molar-refractivity contribution in [2.75, 3.05) is 5.32 Å². The van der Waals surface area contributed by atoms with Crippen molar-refractivity contribution in [2.24, 2.45) is 0 Å². The van der Waals surface area contributed by atoms with Gasteiger partial charge < -0.3 is 5.32 Å². The van der Waals surface area contributed by atoms with Crippen molar-refractivity contribution >= 4 is 23.2 Å². The minimum Gasteiger partial charge on any atom is -0.322 e. The van der Waals surface area contributed by atoms with E-state index in [-0.39, 0.29) is 5.91 Å². The van der Waals surface area contributed by atoms with Gasteiger partial charge in [-0.1, -0.05) is 29.8 Å². The van der Waals surface area contributed by atoms with Crippen LogP contribution in [0.4, 0.5) is 5.69 Å². The summed E-state index contributed by atoms with van der Waals surface area (Å²) in [5.41, 5.74) is 4.58. The summed E-state index contributed by atoms with van der Waals surface area (Å²) in [6.07, 6.45) is 0. The summed E-state index contributed by atoms with van der Waals surface area (Å²) in [6, 6.07) is 13.4. The van der Waals surface area contributed by atoms with Crippen LogP contribution in [-0.2, 0) is 5.88 Å². The van der Waals surface area contributed by atoms with Gasteiger partial charge in [0.1, 0.15) is 0 Å². The Kier molecular flexibility index (Phi) is 4.23. The summed E-state index contributed by atoms with van der Waals surface area (Å²) in [5, 5.41) is 2.90. The van der Waals surface area contributed by atoms with E-state index in [1.165, 1.54) is 0 Å². The molecule has 0 spiro atoms. The summed E-state index contributed by atoms with van der Waals surface area (Å²) >= 11 is 5.78. The summed E-state index contributed by atoms with van der Waals surface area (Å²) in [6.45, 7) is 3.95. The van der Waals surface area contributed by atoms with Gasteiger partial charge in [-0.2, -0.15) is 0 Å². The highest BCUT2D eigenvalue weighted by atomic mass is 35.5. The van der Waals surface area contributed by atoms with Crippen molar-refractivity contribution in [1.29, 1.82) is 0 Å². The van der Waals surface area contributed by atoms with Crippen LogP contribution in [0.1, 0.15) is 27.0 Å². The number of amides is 1. The molecule has 98 valence electrons. The maximum Gasteiger partial charge on any atom is 0.255 e. The van der Waals surface area contributed by atoms with Crippen LogP contribution < -0.4 is 5.32 Å². The lowest BCUT2D eigenvalue weighted by Crippen LogP contribution is -2.13. The minimum absolute atomic E-state index is 0.0933. The van der Waals surface area contributed by atoms with E-state index >= 15 is 0 Å². The van der Waals surface area contributed by atoms with Gasteiger partial charge in [0.2, 0.25) is 0 Å². The van der Waals surface area contributed by atoms with Crippen molar-refractivity contribution in [3.63, 3.8) is 0 Å². The number of benzene rings is 2. The molecule has 0 aliphatic heterocycles. The van der Waals surface area contributed by atoms with Gasteiger partial charge in [0.15, 0.2) is 0 Å². The highest BCUT2D eigenvalue weighted by Gasteiger charge is 2.09. The zero-order valence-electron chi connectivity index (χ0n) is 11.0. The number of anilines is 1. The molecule has 1 amide bonds. The van der Waals surface area contributed by atoms with E-state index in [9.17, 15) is 4.79 Å². The Labute approximate surface area is 118 Å². The molecule has 0 radical (unpaired) electrons. The highest BCUT2D eigenvalue weighted by Crippen LogP contribution is 2.16. The second-order valence-electron chi connectivity index (χ2n) is 4.61. The van der Waals surface area contributed by atoms with Gasteiger partial charge >= 0.3 is 0 Å². The van der Waals surface area contributed by atoms with Gasteiger partial charge in [0, 0.05) is 17.1 Å². The molecule has 0 aliphatic carbocycles. The van der Waals surface area contributed by atoms with E-state index in [0.29, 0.717) is 11.4 Å². The van der Waals surface area contributed by atoms with Crippen molar-refractivity contribution in [3.05, 3.63) is 64.7 Å². The second-order valence-corrected chi connectivity index (χ2v) is 4.87. The van der Waals surface area contributed by atoms with Crippen LogP contribution in [0.3, 0.4) is 0 Å². The van der Waals surface area contributed by atoms with Crippen LogP contribution >= 0.6 is 11.6 Å². The Morgan fingerprint density at radius 3 is 2.63 bits per heavy atom. The van der Waals surface area contributed by atoms with E-state index in [1.54, 1.807) is 0 Å². The third-order valence-electron chi connectivity index (χ3n) is 2.97. The molecule has 0 heterocycles. The first-order valence-corrected chi connectivity index (χ1v) is 6.67. The molecule has 2 rings (SSSR count). The molecular weight excluding hydrogens is 258 g/mol. The molecule has 3 heteroatoms. The van der Waals surface area contributed by atoms with Gasteiger partial charge in [-0.25, -0.2) is 0 Å². The van der Waals surface area contributed by atoms with E-state index in [2.05, 4.69) is 5.32 Å². The number of nitrogens with one attached hydrogen (secondary N) is 1. The molecule has 1 N–H and O–H groups in total. The zero-order chi connectivity index (χ0) is 13.8. The number of rotatable bonds is 3. The number of halogens is 1. The molecule has 0 saturated carbocycles. The lowest BCUT2D eigenvalue weighted by atomic mass is 10.1. The molecule has 0 atom stereocenters. The van der Waals surface area contributed by atoms with E-state index in [1.807, 2.05) is 56.3 Å². The summed E-state index contributed by atoms with van der Waals surface area (Å²) in [4.78, 5) is 12.2. The first-order chi connectivity index (χ1) is 9.10. The molecular formula is C16H16ClNO. The van der Waals surface area contributed by atoms with E-state index in [4.69, 9.17) is 11.6 Å². The second kappa shape index (κ2) is 5.89. The largest absolute Gasteiger partial charge is 0.322 e. The molecule has 2 aromatic carbocycles. The lowest BCUT2D eigenvalue weighted by molar-refractivity contribution is 0.102. The number of aryl methyl sites for hydroxylation is 2. The third kappa shape index (κ3) is 3.36. The first kappa shape index (κ1) is 13.6. The van der Waals surface area contributed by atoms with Crippen molar-refractivity contribution in [2.45, 2.75) is 19.7 Å². The van der Waals surface area contributed by atoms with Gasteiger partial charge in [0.25, 0.3) is 5.91 Å². The SMILES string of the molecule is Cc1ccc(C(=O)Nc2cccc(CCl)c2)c(C)c1. The van der Waals surface area contributed by atoms with Gasteiger partial charge in [0.05, 0.1) is 0 Å². The predicted molar refractivity (Wildman–Crippen MR) is 79.9 cm³/mol.